The van der Waals surface area contributed by atoms with Crippen molar-refractivity contribution in [1.29, 1.82) is 0 Å². The van der Waals surface area contributed by atoms with Gasteiger partial charge in [0.15, 0.2) is 0 Å². The Morgan fingerprint density at radius 3 is 2.79 bits per heavy atom. The van der Waals surface area contributed by atoms with Crippen molar-refractivity contribution in [2.45, 2.75) is 19.3 Å². The van der Waals surface area contributed by atoms with Crippen LogP contribution in [0.2, 0.25) is 0 Å². The molecule has 0 aliphatic heterocycles. The Morgan fingerprint density at radius 1 is 1.43 bits per heavy atom. The van der Waals surface area contributed by atoms with E-state index in [9.17, 15) is 4.79 Å². The highest BCUT2D eigenvalue weighted by molar-refractivity contribution is 9.10. The highest BCUT2D eigenvalue weighted by atomic mass is 79.9. The van der Waals surface area contributed by atoms with Crippen molar-refractivity contribution in [3.63, 3.8) is 0 Å². The second-order valence-corrected chi connectivity index (χ2v) is 3.83. The lowest BCUT2D eigenvalue weighted by Crippen LogP contribution is -2.18. The minimum atomic E-state index is -0.336. The van der Waals surface area contributed by atoms with Gasteiger partial charge >= 0.3 is 0 Å². The predicted molar refractivity (Wildman–Crippen MR) is 57.0 cm³/mol. The summed E-state index contributed by atoms with van der Waals surface area (Å²) in [5.74, 6) is -0.336. The summed E-state index contributed by atoms with van der Waals surface area (Å²) in [6.45, 7) is 0. The Labute approximate surface area is 91.2 Å². The Morgan fingerprint density at radius 2 is 2.14 bits per heavy atom. The molecule has 0 radical (unpaired) electrons. The second kappa shape index (κ2) is 5.78. The standard InChI is InChI=1S/C10H12BrNO2/c11-9-6-2-1-4-8(9)5-3-7-10(13)12-14/h1-2,4,6,14H,3,5,7H2,(H,12,13). The van der Waals surface area contributed by atoms with Crippen LogP contribution in [-0.2, 0) is 11.2 Å². The Kier molecular flexibility index (Phi) is 4.62. The molecular weight excluding hydrogens is 246 g/mol. The molecule has 4 heteroatoms. The summed E-state index contributed by atoms with van der Waals surface area (Å²) in [6, 6.07) is 7.91. The monoisotopic (exact) mass is 257 g/mol. The van der Waals surface area contributed by atoms with Crippen LogP contribution >= 0.6 is 15.9 Å². The van der Waals surface area contributed by atoms with Crippen molar-refractivity contribution < 1.29 is 10.0 Å². The van der Waals surface area contributed by atoms with Crippen LogP contribution in [0.25, 0.3) is 0 Å². The Balaban J connectivity index is 2.39. The van der Waals surface area contributed by atoms with Gasteiger partial charge in [-0.3, -0.25) is 10.0 Å². The van der Waals surface area contributed by atoms with Gasteiger partial charge in [-0.25, -0.2) is 5.48 Å². The molecule has 1 aromatic carbocycles. The van der Waals surface area contributed by atoms with Gasteiger partial charge in [0.25, 0.3) is 0 Å². The molecule has 0 atom stereocenters. The van der Waals surface area contributed by atoms with Crippen LogP contribution in [0.5, 0.6) is 0 Å². The van der Waals surface area contributed by atoms with E-state index in [1.807, 2.05) is 24.3 Å². The van der Waals surface area contributed by atoms with Gasteiger partial charge in [0.05, 0.1) is 0 Å². The number of carbonyl (C=O) groups excluding carboxylic acids is 1. The molecule has 3 nitrogen and oxygen atoms in total. The maximum absolute atomic E-state index is 10.7. The number of rotatable bonds is 4. The summed E-state index contributed by atoms with van der Waals surface area (Å²) < 4.78 is 1.06. The number of hydrogen-bond donors (Lipinski definition) is 2. The molecule has 76 valence electrons. The van der Waals surface area contributed by atoms with E-state index < -0.39 is 0 Å². The summed E-state index contributed by atoms with van der Waals surface area (Å²) in [5.41, 5.74) is 2.79. The van der Waals surface area contributed by atoms with Gasteiger partial charge in [-0.05, 0) is 24.5 Å². The van der Waals surface area contributed by atoms with Gasteiger partial charge < -0.3 is 0 Å². The zero-order valence-electron chi connectivity index (χ0n) is 7.66. The fourth-order valence-electron chi connectivity index (χ4n) is 1.20. The number of benzene rings is 1. The van der Waals surface area contributed by atoms with Crippen molar-refractivity contribution in [2.24, 2.45) is 0 Å². The van der Waals surface area contributed by atoms with Crippen LogP contribution in [0.1, 0.15) is 18.4 Å². The van der Waals surface area contributed by atoms with Crippen LogP contribution < -0.4 is 5.48 Å². The van der Waals surface area contributed by atoms with Crippen LogP contribution in [-0.4, -0.2) is 11.1 Å². The fourth-order valence-corrected chi connectivity index (χ4v) is 1.68. The third-order valence-electron chi connectivity index (χ3n) is 1.93. The molecule has 0 saturated carbocycles. The molecule has 0 spiro atoms. The lowest BCUT2D eigenvalue weighted by molar-refractivity contribution is -0.129. The second-order valence-electron chi connectivity index (χ2n) is 2.98. The number of carbonyl (C=O) groups is 1. The number of nitrogens with one attached hydrogen (secondary N) is 1. The van der Waals surface area contributed by atoms with E-state index in [-0.39, 0.29) is 5.91 Å². The Bertz CT molecular complexity index is 315. The summed E-state index contributed by atoms with van der Waals surface area (Å²) >= 11 is 3.43. The van der Waals surface area contributed by atoms with Crippen LogP contribution in [0, 0.1) is 0 Å². The lowest BCUT2D eigenvalue weighted by Gasteiger charge is -2.02. The SMILES string of the molecule is O=C(CCCc1ccccc1Br)NO. The van der Waals surface area contributed by atoms with E-state index in [1.54, 1.807) is 5.48 Å². The average Bonchev–Trinajstić information content (AvgIpc) is 2.20. The van der Waals surface area contributed by atoms with E-state index in [0.717, 1.165) is 17.3 Å². The molecule has 0 heterocycles. The molecule has 14 heavy (non-hydrogen) atoms. The van der Waals surface area contributed by atoms with E-state index >= 15 is 0 Å². The molecule has 0 unspecified atom stereocenters. The summed E-state index contributed by atoms with van der Waals surface area (Å²) in [6.07, 6.45) is 1.90. The van der Waals surface area contributed by atoms with Gasteiger partial charge in [-0.1, -0.05) is 34.1 Å². The maximum Gasteiger partial charge on any atom is 0.243 e. The zero-order valence-corrected chi connectivity index (χ0v) is 9.25. The third kappa shape index (κ3) is 3.47. The highest BCUT2D eigenvalue weighted by Gasteiger charge is 2.01. The first kappa shape index (κ1) is 11.2. The number of hydrogen-bond acceptors (Lipinski definition) is 2. The van der Waals surface area contributed by atoms with Crippen LogP contribution in [0.15, 0.2) is 28.7 Å². The first-order chi connectivity index (χ1) is 6.74. The van der Waals surface area contributed by atoms with Gasteiger partial charge in [0, 0.05) is 10.9 Å². The van der Waals surface area contributed by atoms with Gasteiger partial charge in [0.1, 0.15) is 0 Å². The minimum Gasteiger partial charge on any atom is -0.289 e. The number of halogens is 1. The van der Waals surface area contributed by atoms with Crippen molar-refractivity contribution in [1.82, 2.24) is 5.48 Å². The minimum absolute atomic E-state index is 0.336. The molecule has 0 aromatic heterocycles. The first-order valence-electron chi connectivity index (χ1n) is 4.40. The normalized spacial score (nSPS) is 9.86. The Hall–Kier alpha value is -0.870. The summed E-state index contributed by atoms with van der Waals surface area (Å²) in [7, 11) is 0. The predicted octanol–water partition coefficient (Wildman–Crippen LogP) is 2.28. The first-order valence-corrected chi connectivity index (χ1v) is 5.19. The molecule has 0 bridgehead atoms. The molecule has 1 aromatic rings. The molecule has 1 rings (SSSR count). The average molecular weight is 258 g/mol. The molecule has 2 N–H and O–H groups in total. The van der Waals surface area contributed by atoms with Gasteiger partial charge in [-0.2, -0.15) is 0 Å². The quantitative estimate of drug-likeness (QED) is 0.643. The lowest BCUT2D eigenvalue weighted by atomic mass is 10.1. The topological polar surface area (TPSA) is 49.3 Å². The highest BCUT2D eigenvalue weighted by Crippen LogP contribution is 2.17. The third-order valence-corrected chi connectivity index (χ3v) is 2.71. The van der Waals surface area contributed by atoms with Crippen molar-refractivity contribution >= 4 is 21.8 Å². The largest absolute Gasteiger partial charge is 0.289 e. The van der Waals surface area contributed by atoms with Crippen molar-refractivity contribution in [2.75, 3.05) is 0 Å². The smallest absolute Gasteiger partial charge is 0.243 e. The number of hydroxylamine groups is 1. The molecule has 0 aliphatic rings. The molecule has 0 aliphatic carbocycles. The summed E-state index contributed by atoms with van der Waals surface area (Å²) in [5, 5.41) is 8.28. The summed E-state index contributed by atoms with van der Waals surface area (Å²) in [4.78, 5) is 10.7. The zero-order chi connectivity index (χ0) is 10.4. The van der Waals surface area contributed by atoms with Gasteiger partial charge in [0.2, 0.25) is 5.91 Å². The van der Waals surface area contributed by atoms with Crippen LogP contribution in [0.4, 0.5) is 0 Å². The van der Waals surface area contributed by atoms with Crippen molar-refractivity contribution in [3.8, 4) is 0 Å². The number of aryl methyl sites for hydroxylation is 1. The van der Waals surface area contributed by atoms with Crippen LogP contribution in [0.3, 0.4) is 0 Å². The van der Waals surface area contributed by atoms with E-state index in [4.69, 9.17) is 5.21 Å². The van der Waals surface area contributed by atoms with E-state index in [2.05, 4.69) is 15.9 Å². The molecule has 0 fully saturated rings. The van der Waals surface area contributed by atoms with E-state index in [1.165, 1.54) is 5.56 Å². The van der Waals surface area contributed by atoms with E-state index in [0.29, 0.717) is 6.42 Å². The number of amides is 1. The molecular formula is C10H12BrNO2. The maximum atomic E-state index is 10.7. The van der Waals surface area contributed by atoms with Crippen molar-refractivity contribution in [3.05, 3.63) is 34.3 Å². The fraction of sp³-hybridized carbons (Fsp3) is 0.300. The molecule has 0 saturated heterocycles. The van der Waals surface area contributed by atoms with Gasteiger partial charge in [-0.15, -0.1) is 0 Å². The molecule has 1 amide bonds.